The molecule has 7 heteroatoms. The van der Waals surface area contributed by atoms with Gasteiger partial charge in [-0.1, -0.05) is 5.16 Å². The van der Waals surface area contributed by atoms with Crippen LogP contribution >= 0.6 is 0 Å². The summed E-state index contributed by atoms with van der Waals surface area (Å²) in [5.74, 6) is -1.73. The van der Waals surface area contributed by atoms with Crippen LogP contribution in [0.15, 0.2) is 17.3 Å². The summed E-state index contributed by atoms with van der Waals surface area (Å²) in [6, 6.07) is 2.19. The summed E-state index contributed by atoms with van der Waals surface area (Å²) < 4.78 is 34.3. The Labute approximate surface area is 121 Å². The van der Waals surface area contributed by atoms with Crippen LogP contribution in [0.25, 0.3) is 0 Å². The zero-order valence-corrected chi connectivity index (χ0v) is 11.4. The number of nitrogens with zero attached hydrogens (tertiary/aromatic N) is 2. The van der Waals surface area contributed by atoms with E-state index in [-0.39, 0.29) is 29.2 Å². The van der Waals surface area contributed by atoms with Crippen molar-refractivity contribution in [3.8, 4) is 0 Å². The maximum Gasteiger partial charge on any atom is 0.170 e. The fraction of sp³-hybridized carbons (Fsp3) is 0.500. The molecule has 114 valence electrons. The molecule has 3 rings (SSSR count). The highest BCUT2D eigenvalue weighted by atomic mass is 19.1. The summed E-state index contributed by atoms with van der Waals surface area (Å²) in [5, 5.41) is 11.4. The Morgan fingerprint density at radius 1 is 1.33 bits per heavy atom. The lowest BCUT2D eigenvalue weighted by Crippen LogP contribution is -2.49. The number of ether oxygens (including phenoxy) is 1. The summed E-state index contributed by atoms with van der Waals surface area (Å²) in [4.78, 5) is 1.75. The van der Waals surface area contributed by atoms with Crippen molar-refractivity contribution in [3.05, 3.63) is 29.3 Å². The van der Waals surface area contributed by atoms with Gasteiger partial charge in [0.15, 0.2) is 5.84 Å². The fourth-order valence-electron chi connectivity index (χ4n) is 3.25. The Morgan fingerprint density at radius 3 is 2.71 bits per heavy atom. The molecule has 1 aliphatic carbocycles. The molecule has 1 saturated carbocycles. The summed E-state index contributed by atoms with van der Waals surface area (Å²) in [5.41, 5.74) is 5.35. The number of fused-ring (bicyclic) bond motifs is 1. The molecular formula is C14H17F2N3O2. The van der Waals surface area contributed by atoms with Crippen molar-refractivity contribution < 1.29 is 18.7 Å². The molecule has 1 aliphatic heterocycles. The Morgan fingerprint density at radius 2 is 2.05 bits per heavy atom. The highest BCUT2D eigenvalue weighted by molar-refractivity contribution is 5.97. The van der Waals surface area contributed by atoms with E-state index in [0.29, 0.717) is 13.2 Å². The highest BCUT2D eigenvalue weighted by Crippen LogP contribution is 2.35. The second-order valence-electron chi connectivity index (χ2n) is 5.37. The average molecular weight is 297 g/mol. The van der Waals surface area contributed by atoms with Crippen LogP contribution in [0.5, 0.6) is 0 Å². The molecule has 1 aromatic rings. The maximum absolute atomic E-state index is 14.3. The first kappa shape index (κ1) is 14.1. The number of benzene rings is 1. The first-order chi connectivity index (χ1) is 10.1. The molecule has 2 unspecified atom stereocenters. The molecule has 1 heterocycles. The van der Waals surface area contributed by atoms with Crippen LogP contribution in [-0.2, 0) is 4.74 Å². The van der Waals surface area contributed by atoms with Gasteiger partial charge in [-0.15, -0.1) is 0 Å². The summed E-state index contributed by atoms with van der Waals surface area (Å²) in [6.07, 6.45) is 2.83. The number of rotatable bonds is 2. The smallest absolute Gasteiger partial charge is 0.170 e. The minimum atomic E-state index is -0.704. The first-order valence-electron chi connectivity index (χ1n) is 6.97. The van der Waals surface area contributed by atoms with Crippen LogP contribution < -0.4 is 10.6 Å². The third-order valence-corrected chi connectivity index (χ3v) is 4.19. The SMILES string of the molecule is N/C(=N/O)c1cc(F)c(N2CCOC3CCCC32)c(F)c1. The third kappa shape index (κ3) is 2.42. The number of halogens is 2. The molecule has 0 bridgehead atoms. The fourth-order valence-corrected chi connectivity index (χ4v) is 3.25. The molecule has 0 amide bonds. The van der Waals surface area contributed by atoms with Crippen LogP contribution in [-0.4, -0.2) is 36.3 Å². The number of oxime groups is 1. The van der Waals surface area contributed by atoms with E-state index in [0.717, 1.165) is 31.4 Å². The minimum Gasteiger partial charge on any atom is -0.409 e. The number of hydrogen-bond donors (Lipinski definition) is 2. The van der Waals surface area contributed by atoms with Gasteiger partial charge in [0.25, 0.3) is 0 Å². The second kappa shape index (κ2) is 5.48. The van der Waals surface area contributed by atoms with Crippen molar-refractivity contribution in [3.63, 3.8) is 0 Å². The van der Waals surface area contributed by atoms with E-state index in [1.807, 2.05) is 0 Å². The standard InChI is InChI=1S/C14H17F2N3O2/c15-9-6-8(14(17)18-20)7-10(16)13(9)19-4-5-21-12-3-1-2-11(12)19/h6-7,11-12,20H,1-5H2,(H2,17,18). The van der Waals surface area contributed by atoms with Gasteiger partial charge in [-0.05, 0) is 31.4 Å². The largest absolute Gasteiger partial charge is 0.409 e. The van der Waals surface area contributed by atoms with Gasteiger partial charge >= 0.3 is 0 Å². The molecule has 1 aromatic carbocycles. The van der Waals surface area contributed by atoms with Crippen molar-refractivity contribution in [2.75, 3.05) is 18.1 Å². The van der Waals surface area contributed by atoms with Crippen molar-refractivity contribution in [2.24, 2.45) is 10.9 Å². The van der Waals surface area contributed by atoms with E-state index in [1.54, 1.807) is 4.90 Å². The van der Waals surface area contributed by atoms with Crippen molar-refractivity contribution in [1.29, 1.82) is 0 Å². The van der Waals surface area contributed by atoms with Crippen molar-refractivity contribution >= 4 is 11.5 Å². The highest BCUT2D eigenvalue weighted by Gasteiger charge is 2.38. The minimum absolute atomic E-state index is 0.0115. The zero-order chi connectivity index (χ0) is 15.0. The molecule has 3 N–H and O–H groups in total. The molecule has 0 radical (unpaired) electrons. The van der Waals surface area contributed by atoms with Crippen LogP contribution in [0.2, 0.25) is 0 Å². The van der Waals surface area contributed by atoms with Crippen LogP contribution in [0.3, 0.4) is 0 Å². The predicted molar refractivity (Wildman–Crippen MR) is 73.6 cm³/mol. The molecule has 0 spiro atoms. The van der Waals surface area contributed by atoms with Gasteiger partial charge in [0, 0.05) is 12.1 Å². The van der Waals surface area contributed by atoms with Crippen LogP contribution in [0.1, 0.15) is 24.8 Å². The van der Waals surface area contributed by atoms with Crippen LogP contribution in [0.4, 0.5) is 14.5 Å². The quantitative estimate of drug-likeness (QED) is 0.378. The zero-order valence-electron chi connectivity index (χ0n) is 11.4. The van der Waals surface area contributed by atoms with Gasteiger partial charge < -0.3 is 20.6 Å². The monoisotopic (exact) mass is 297 g/mol. The Balaban J connectivity index is 1.98. The number of anilines is 1. The second-order valence-corrected chi connectivity index (χ2v) is 5.37. The third-order valence-electron chi connectivity index (χ3n) is 4.19. The summed E-state index contributed by atoms with van der Waals surface area (Å²) >= 11 is 0. The lowest BCUT2D eigenvalue weighted by molar-refractivity contribution is 0.0251. The van der Waals surface area contributed by atoms with E-state index in [1.165, 1.54) is 0 Å². The first-order valence-corrected chi connectivity index (χ1v) is 6.97. The topological polar surface area (TPSA) is 71.1 Å². The number of amidine groups is 1. The number of hydrogen-bond acceptors (Lipinski definition) is 4. The van der Waals surface area contributed by atoms with E-state index < -0.39 is 11.6 Å². The lowest BCUT2D eigenvalue weighted by Gasteiger charge is -2.39. The van der Waals surface area contributed by atoms with Gasteiger partial charge in [0.2, 0.25) is 0 Å². The Hall–Kier alpha value is -1.89. The number of nitrogens with two attached hydrogens (primary N) is 1. The van der Waals surface area contributed by atoms with E-state index in [9.17, 15) is 8.78 Å². The van der Waals surface area contributed by atoms with E-state index >= 15 is 0 Å². The molecule has 0 aromatic heterocycles. The molecular weight excluding hydrogens is 280 g/mol. The molecule has 2 fully saturated rings. The molecule has 1 saturated heterocycles. The van der Waals surface area contributed by atoms with Crippen molar-refractivity contribution in [1.82, 2.24) is 0 Å². The van der Waals surface area contributed by atoms with E-state index in [4.69, 9.17) is 15.7 Å². The summed E-state index contributed by atoms with van der Waals surface area (Å²) in [7, 11) is 0. The van der Waals surface area contributed by atoms with Gasteiger partial charge in [0.1, 0.15) is 17.3 Å². The lowest BCUT2D eigenvalue weighted by atomic mass is 10.1. The predicted octanol–water partition coefficient (Wildman–Crippen LogP) is 1.82. The van der Waals surface area contributed by atoms with Crippen LogP contribution in [0, 0.1) is 11.6 Å². The molecule has 5 nitrogen and oxygen atoms in total. The number of morpholine rings is 1. The molecule has 2 atom stereocenters. The Bertz CT molecular complexity index is 556. The van der Waals surface area contributed by atoms with Gasteiger partial charge in [-0.3, -0.25) is 0 Å². The Kier molecular flexibility index (Phi) is 3.67. The van der Waals surface area contributed by atoms with Gasteiger partial charge in [-0.25, -0.2) is 8.78 Å². The molecule has 2 aliphatic rings. The van der Waals surface area contributed by atoms with Gasteiger partial charge in [-0.2, -0.15) is 0 Å². The molecule has 21 heavy (non-hydrogen) atoms. The van der Waals surface area contributed by atoms with Crippen molar-refractivity contribution in [2.45, 2.75) is 31.4 Å². The summed E-state index contributed by atoms with van der Waals surface area (Å²) in [6.45, 7) is 0.917. The maximum atomic E-state index is 14.3. The average Bonchev–Trinajstić information content (AvgIpc) is 2.94. The van der Waals surface area contributed by atoms with Gasteiger partial charge in [0.05, 0.1) is 18.8 Å². The normalized spacial score (nSPS) is 26.0. The van der Waals surface area contributed by atoms with E-state index in [2.05, 4.69) is 5.16 Å².